The zero-order chi connectivity index (χ0) is 29.5. The second-order valence-electron chi connectivity index (χ2n) is 10.3. The highest BCUT2D eigenvalue weighted by atomic mass is 32.1. The number of rotatable bonds is 11. The quantitative estimate of drug-likeness (QED) is 0.241. The molecule has 0 saturated carbocycles. The molecule has 9 heteroatoms. The summed E-state index contributed by atoms with van der Waals surface area (Å²) in [6, 6.07) is 13.5. The molecule has 1 aliphatic rings. The Morgan fingerprint density at radius 1 is 1.05 bits per heavy atom. The molecule has 0 spiro atoms. The lowest BCUT2D eigenvalue weighted by Gasteiger charge is -2.25. The summed E-state index contributed by atoms with van der Waals surface area (Å²) >= 11 is 1.26. The van der Waals surface area contributed by atoms with Crippen LogP contribution in [0.4, 0.5) is 0 Å². The van der Waals surface area contributed by atoms with Crippen molar-refractivity contribution in [3.8, 4) is 5.75 Å². The van der Waals surface area contributed by atoms with Gasteiger partial charge < -0.3 is 14.2 Å². The Bertz CT molecular complexity index is 1600. The van der Waals surface area contributed by atoms with Crippen molar-refractivity contribution in [3.05, 3.63) is 96.2 Å². The Hall–Kier alpha value is -3.98. The largest absolute Gasteiger partial charge is 0.494 e. The maximum absolute atomic E-state index is 13.8. The van der Waals surface area contributed by atoms with Gasteiger partial charge in [-0.25, -0.2) is 14.6 Å². The molecule has 0 N–H and O–H groups in total. The van der Waals surface area contributed by atoms with Crippen molar-refractivity contribution in [2.24, 2.45) is 10.9 Å². The third-order valence-electron chi connectivity index (χ3n) is 6.63. The third kappa shape index (κ3) is 7.03. The van der Waals surface area contributed by atoms with Gasteiger partial charge in [0.15, 0.2) is 4.80 Å². The Morgan fingerprint density at radius 2 is 1.76 bits per heavy atom. The second kappa shape index (κ2) is 13.6. The monoisotopic (exact) mass is 576 g/mol. The standard InChI is InChI=1S/C32H36N2O6S/c1-6-7-8-17-39-25-15-9-22(10-16-25)18-26-29(35)34-28(23-11-13-24(14-12-23)30(36)38-5)27(21(4)33-32(34)41-26)31(37)40-19-20(2)3/h9-16,18,20,28H,6-8,17,19H2,1-5H3. The smallest absolute Gasteiger partial charge is 0.338 e. The first-order valence-corrected chi connectivity index (χ1v) is 14.7. The molecule has 0 aliphatic carbocycles. The molecule has 2 heterocycles. The summed E-state index contributed by atoms with van der Waals surface area (Å²) in [5.74, 6) is -0.0610. The van der Waals surface area contributed by atoms with E-state index < -0.39 is 18.0 Å². The van der Waals surface area contributed by atoms with Crippen molar-refractivity contribution in [1.29, 1.82) is 0 Å². The van der Waals surface area contributed by atoms with E-state index in [4.69, 9.17) is 14.2 Å². The molecule has 0 saturated heterocycles. The fraction of sp³-hybridized carbons (Fsp3) is 0.375. The van der Waals surface area contributed by atoms with Gasteiger partial charge in [-0.1, -0.05) is 69.2 Å². The highest BCUT2D eigenvalue weighted by molar-refractivity contribution is 7.07. The summed E-state index contributed by atoms with van der Waals surface area (Å²) in [5.41, 5.74) is 2.38. The predicted octanol–water partition coefficient (Wildman–Crippen LogP) is 4.79. The molecule has 8 nitrogen and oxygen atoms in total. The van der Waals surface area contributed by atoms with Crippen LogP contribution in [0.2, 0.25) is 0 Å². The number of nitrogens with zero attached hydrogens (tertiary/aromatic N) is 2. The first-order chi connectivity index (χ1) is 19.7. The van der Waals surface area contributed by atoms with Gasteiger partial charge in [0, 0.05) is 0 Å². The van der Waals surface area contributed by atoms with E-state index in [1.54, 1.807) is 31.2 Å². The molecule has 1 atom stereocenters. The van der Waals surface area contributed by atoms with Gasteiger partial charge in [-0.15, -0.1) is 0 Å². The summed E-state index contributed by atoms with van der Waals surface area (Å²) in [6.45, 7) is 8.73. The van der Waals surface area contributed by atoms with E-state index in [1.807, 2.05) is 44.2 Å². The minimum absolute atomic E-state index is 0.145. The first-order valence-electron chi connectivity index (χ1n) is 13.8. The number of hydrogen-bond donors (Lipinski definition) is 0. The number of methoxy groups -OCH3 is 1. The molecule has 3 aromatic rings. The molecule has 1 aromatic heterocycles. The third-order valence-corrected chi connectivity index (χ3v) is 7.61. The van der Waals surface area contributed by atoms with Crippen LogP contribution < -0.4 is 19.6 Å². The van der Waals surface area contributed by atoms with Crippen molar-refractivity contribution in [2.45, 2.75) is 53.0 Å². The van der Waals surface area contributed by atoms with E-state index in [-0.39, 0.29) is 18.1 Å². The Morgan fingerprint density at radius 3 is 2.39 bits per heavy atom. The molecule has 4 rings (SSSR count). The number of unbranched alkanes of at least 4 members (excludes halogenated alkanes) is 2. The molecule has 0 radical (unpaired) electrons. The van der Waals surface area contributed by atoms with Crippen molar-refractivity contribution in [2.75, 3.05) is 20.3 Å². The second-order valence-corrected chi connectivity index (χ2v) is 11.3. The molecule has 216 valence electrons. The summed E-state index contributed by atoms with van der Waals surface area (Å²) in [7, 11) is 1.32. The van der Waals surface area contributed by atoms with Crippen molar-refractivity contribution in [3.63, 3.8) is 0 Å². The van der Waals surface area contributed by atoms with Gasteiger partial charge in [0.2, 0.25) is 0 Å². The Kier molecular flexibility index (Phi) is 9.94. The molecule has 0 fully saturated rings. The number of esters is 2. The summed E-state index contributed by atoms with van der Waals surface area (Å²) in [6.07, 6.45) is 5.10. The van der Waals surface area contributed by atoms with E-state index in [2.05, 4.69) is 11.9 Å². The number of thiazole rings is 1. The number of allylic oxidation sites excluding steroid dienone is 1. The van der Waals surface area contributed by atoms with Crippen LogP contribution in [0.3, 0.4) is 0 Å². The van der Waals surface area contributed by atoms with Crippen molar-refractivity contribution in [1.82, 2.24) is 4.57 Å². The maximum atomic E-state index is 13.8. The van der Waals surface area contributed by atoms with E-state index in [1.165, 1.54) is 23.0 Å². The van der Waals surface area contributed by atoms with Gasteiger partial charge in [0.05, 0.1) is 47.7 Å². The summed E-state index contributed by atoms with van der Waals surface area (Å²) in [4.78, 5) is 44.3. The first kappa shape index (κ1) is 30.0. The molecule has 1 unspecified atom stereocenters. The zero-order valence-corrected chi connectivity index (χ0v) is 25.0. The summed E-state index contributed by atoms with van der Waals surface area (Å²) in [5, 5.41) is 0. The molecular formula is C32H36N2O6S. The predicted molar refractivity (Wildman–Crippen MR) is 159 cm³/mol. The zero-order valence-electron chi connectivity index (χ0n) is 24.1. The van der Waals surface area contributed by atoms with Gasteiger partial charge in [0.1, 0.15) is 5.75 Å². The minimum atomic E-state index is -0.765. The van der Waals surface area contributed by atoms with Crippen molar-refractivity contribution >= 4 is 29.4 Å². The number of aromatic nitrogens is 1. The van der Waals surface area contributed by atoms with Crippen molar-refractivity contribution < 1.29 is 23.8 Å². The summed E-state index contributed by atoms with van der Waals surface area (Å²) < 4.78 is 18.2. The minimum Gasteiger partial charge on any atom is -0.494 e. The maximum Gasteiger partial charge on any atom is 0.338 e. The van der Waals surface area contributed by atoms with E-state index in [0.29, 0.717) is 38.3 Å². The highest BCUT2D eigenvalue weighted by Gasteiger charge is 2.33. The van der Waals surface area contributed by atoms with Gasteiger partial charge >= 0.3 is 11.9 Å². The van der Waals surface area contributed by atoms with Gasteiger partial charge in [0.25, 0.3) is 5.56 Å². The fourth-order valence-corrected chi connectivity index (χ4v) is 5.54. The SMILES string of the molecule is CCCCCOc1ccc(C=c2sc3n(c2=O)C(c2ccc(C(=O)OC)cc2)C(C(=O)OCC(C)C)=C(C)N=3)cc1. The topological polar surface area (TPSA) is 96.2 Å². The van der Waals surface area contributed by atoms with E-state index in [0.717, 1.165) is 30.6 Å². The van der Waals surface area contributed by atoms with Crippen LogP contribution >= 0.6 is 11.3 Å². The lowest BCUT2D eigenvalue weighted by Crippen LogP contribution is -2.40. The number of benzene rings is 2. The lowest BCUT2D eigenvalue weighted by molar-refractivity contribution is -0.140. The molecular weight excluding hydrogens is 540 g/mol. The van der Waals surface area contributed by atoms with Crippen LogP contribution in [0.5, 0.6) is 5.75 Å². The fourth-order valence-electron chi connectivity index (χ4n) is 4.49. The van der Waals surface area contributed by atoms with Gasteiger partial charge in [-0.05, 0) is 60.7 Å². The van der Waals surface area contributed by atoms with E-state index >= 15 is 0 Å². The average Bonchev–Trinajstić information content (AvgIpc) is 3.27. The van der Waals surface area contributed by atoms with E-state index in [9.17, 15) is 14.4 Å². The average molecular weight is 577 g/mol. The molecule has 1 aliphatic heterocycles. The number of ether oxygens (including phenoxy) is 3. The van der Waals surface area contributed by atoms with Gasteiger partial charge in [-0.2, -0.15) is 0 Å². The van der Waals surface area contributed by atoms with Crippen LogP contribution in [-0.4, -0.2) is 36.8 Å². The number of hydrogen-bond acceptors (Lipinski definition) is 8. The highest BCUT2D eigenvalue weighted by Crippen LogP contribution is 2.31. The number of carbonyl (C=O) groups excluding carboxylic acids is 2. The van der Waals surface area contributed by atoms with Crippen LogP contribution in [0.25, 0.3) is 6.08 Å². The van der Waals surface area contributed by atoms with Crippen LogP contribution in [0.15, 0.2) is 69.6 Å². The molecule has 41 heavy (non-hydrogen) atoms. The Labute approximate surface area is 243 Å². The molecule has 2 aromatic carbocycles. The Balaban J connectivity index is 1.75. The molecule has 0 bridgehead atoms. The van der Waals surface area contributed by atoms with Gasteiger partial charge in [-0.3, -0.25) is 9.36 Å². The number of fused-ring (bicyclic) bond motifs is 1. The van der Waals surface area contributed by atoms with Crippen LogP contribution in [0.1, 0.15) is 74.5 Å². The lowest BCUT2D eigenvalue weighted by atomic mass is 9.95. The molecule has 0 amide bonds. The number of carbonyl (C=O) groups is 2. The van der Waals surface area contributed by atoms with Crippen LogP contribution in [0, 0.1) is 5.92 Å². The normalized spacial score (nSPS) is 15.0. The van der Waals surface area contributed by atoms with Crippen LogP contribution in [-0.2, 0) is 14.3 Å².